The number of fused-ring (bicyclic) bond motifs is 1. The lowest BCUT2D eigenvalue weighted by molar-refractivity contribution is 0.102. The molecule has 1 amide bonds. The van der Waals surface area contributed by atoms with Gasteiger partial charge in [0.05, 0.1) is 17.3 Å². The van der Waals surface area contributed by atoms with Gasteiger partial charge in [0, 0.05) is 5.39 Å². The zero-order valence-electron chi connectivity index (χ0n) is 16.7. The predicted octanol–water partition coefficient (Wildman–Crippen LogP) is 4.61. The van der Waals surface area contributed by atoms with E-state index in [9.17, 15) is 14.4 Å². The molecule has 0 radical (unpaired) electrons. The Balaban J connectivity index is 1.84. The summed E-state index contributed by atoms with van der Waals surface area (Å²) >= 11 is 0. The Morgan fingerprint density at radius 2 is 1.90 bits per heavy atom. The second-order valence-electron chi connectivity index (χ2n) is 7.14. The Bertz CT molecular complexity index is 1350. The van der Waals surface area contributed by atoms with Crippen LogP contribution in [0.5, 0.6) is 0 Å². The highest BCUT2D eigenvalue weighted by Gasteiger charge is 2.19. The number of aromatic nitrogens is 3. The minimum atomic E-state index is -0.671. The van der Waals surface area contributed by atoms with E-state index in [1.807, 2.05) is 39.0 Å². The highest BCUT2D eigenvalue weighted by atomic mass is 19.1. The number of anilines is 1. The largest absolute Gasteiger partial charge is 0.305 e. The van der Waals surface area contributed by atoms with Crippen LogP contribution in [0.1, 0.15) is 32.6 Å². The van der Waals surface area contributed by atoms with Crippen molar-refractivity contribution in [1.29, 1.82) is 5.26 Å². The zero-order valence-corrected chi connectivity index (χ0v) is 16.7. The van der Waals surface area contributed by atoms with Gasteiger partial charge in [0.1, 0.15) is 17.4 Å². The van der Waals surface area contributed by atoms with Crippen molar-refractivity contribution in [2.75, 3.05) is 5.32 Å². The highest BCUT2D eigenvalue weighted by Crippen LogP contribution is 2.26. The summed E-state index contributed by atoms with van der Waals surface area (Å²) in [6.07, 6.45) is 1.35. The molecule has 2 aromatic heterocycles. The van der Waals surface area contributed by atoms with Crippen LogP contribution < -0.4 is 5.32 Å². The molecule has 148 valence electrons. The molecule has 0 unspecified atom stereocenters. The standard InChI is InChI=1S/C23H18FN5O/c1-13-8-15(3)21-18(9-13)14(2)10-20(27-21)29-22(16(11-25)12-26-29)28-23(30)17-6-4-5-7-19(17)24/h4-10,12H,1-3H3,(H,28,30). The third-order valence-electron chi connectivity index (χ3n) is 4.90. The summed E-state index contributed by atoms with van der Waals surface area (Å²) < 4.78 is 15.4. The number of hydrogen-bond acceptors (Lipinski definition) is 4. The molecule has 30 heavy (non-hydrogen) atoms. The Morgan fingerprint density at radius 1 is 1.13 bits per heavy atom. The fourth-order valence-electron chi connectivity index (χ4n) is 3.48. The average molecular weight is 399 g/mol. The van der Waals surface area contributed by atoms with Gasteiger partial charge in [0.25, 0.3) is 5.91 Å². The molecule has 4 rings (SSSR count). The Labute approximate surface area is 172 Å². The molecular formula is C23H18FN5O. The summed E-state index contributed by atoms with van der Waals surface area (Å²) in [6, 6.07) is 13.6. The first-order chi connectivity index (χ1) is 14.4. The molecule has 0 aliphatic carbocycles. The minimum absolute atomic E-state index is 0.122. The van der Waals surface area contributed by atoms with Crippen molar-refractivity contribution in [3.05, 3.63) is 82.3 Å². The maximum atomic E-state index is 14.0. The van der Waals surface area contributed by atoms with Crippen molar-refractivity contribution < 1.29 is 9.18 Å². The average Bonchev–Trinajstić information content (AvgIpc) is 3.11. The summed E-state index contributed by atoms with van der Waals surface area (Å²) in [4.78, 5) is 17.4. The minimum Gasteiger partial charge on any atom is -0.305 e. The SMILES string of the molecule is Cc1cc(C)c2nc(-n3ncc(C#N)c3NC(=O)c3ccccc3F)cc(C)c2c1. The van der Waals surface area contributed by atoms with Gasteiger partial charge < -0.3 is 5.32 Å². The molecule has 0 saturated carbocycles. The van der Waals surface area contributed by atoms with Gasteiger partial charge in [-0.3, -0.25) is 4.79 Å². The van der Waals surface area contributed by atoms with Crippen LogP contribution >= 0.6 is 0 Å². The molecule has 0 saturated heterocycles. The van der Waals surface area contributed by atoms with Crippen molar-refractivity contribution >= 4 is 22.6 Å². The number of pyridine rings is 1. The second-order valence-corrected chi connectivity index (χ2v) is 7.14. The first-order valence-corrected chi connectivity index (χ1v) is 9.32. The molecule has 2 heterocycles. The molecule has 0 aliphatic heterocycles. The number of nitrogens with one attached hydrogen (secondary N) is 1. The zero-order chi connectivity index (χ0) is 21.4. The van der Waals surface area contributed by atoms with E-state index in [-0.39, 0.29) is 16.9 Å². The predicted molar refractivity (Wildman–Crippen MR) is 112 cm³/mol. The number of rotatable bonds is 3. The van der Waals surface area contributed by atoms with Crippen molar-refractivity contribution in [3.8, 4) is 11.9 Å². The van der Waals surface area contributed by atoms with Gasteiger partial charge in [-0.15, -0.1) is 0 Å². The maximum absolute atomic E-state index is 14.0. The van der Waals surface area contributed by atoms with E-state index in [1.165, 1.54) is 29.1 Å². The van der Waals surface area contributed by atoms with Gasteiger partial charge in [-0.2, -0.15) is 15.0 Å². The van der Waals surface area contributed by atoms with Gasteiger partial charge in [-0.25, -0.2) is 9.37 Å². The fourth-order valence-corrected chi connectivity index (χ4v) is 3.48. The van der Waals surface area contributed by atoms with Crippen molar-refractivity contribution in [2.45, 2.75) is 20.8 Å². The van der Waals surface area contributed by atoms with Crippen LogP contribution in [0, 0.1) is 37.9 Å². The van der Waals surface area contributed by atoms with E-state index in [4.69, 9.17) is 4.98 Å². The van der Waals surface area contributed by atoms with E-state index in [1.54, 1.807) is 6.07 Å². The molecule has 6 nitrogen and oxygen atoms in total. The Kier molecular flexibility index (Phi) is 4.76. The number of halogens is 1. The van der Waals surface area contributed by atoms with Crippen molar-refractivity contribution in [2.24, 2.45) is 0 Å². The smallest absolute Gasteiger partial charge is 0.259 e. The molecule has 7 heteroatoms. The van der Waals surface area contributed by atoms with Crippen LogP contribution in [0.3, 0.4) is 0 Å². The van der Waals surface area contributed by atoms with Crippen molar-refractivity contribution in [1.82, 2.24) is 14.8 Å². The van der Waals surface area contributed by atoms with Gasteiger partial charge in [0.15, 0.2) is 11.6 Å². The fraction of sp³-hybridized carbons (Fsp3) is 0.130. The van der Waals surface area contributed by atoms with E-state index in [0.29, 0.717) is 5.82 Å². The van der Waals surface area contributed by atoms with Gasteiger partial charge >= 0.3 is 0 Å². The van der Waals surface area contributed by atoms with Gasteiger partial charge in [0.2, 0.25) is 0 Å². The molecule has 0 fully saturated rings. The van der Waals surface area contributed by atoms with E-state index in [0.717, 1.165) is 27.6 Å². The number of benzene rings is 2. The van der Waals surface area contributed by atoms with Crippen LogP contribution in [0.15, 0.2) is 48.7 Å². The topological polar surface area (TPSA) is 83.6 Å². The summed E-state index contributed by atoms with van der Waals surface area (Å²) in [5.41, 5.74) is 3.99. The lowest BCUT2D eigenvalue weighted by Crippen LogP contribution is -2.17. The summed E-state index contributed by atoms with van der Waals surface area (Å²) in [7, 11) is 0. The van der Waals surface area contributed by atoms with Crippen LogP contribution in [0.2, 0.25) is 0 Å². The summed E-state index contributed by atoms with van der Waals surface area (Å²) in [5.74, 6) is -0.722. The summed E-state index contributed by atoms with van der Waals surface area (Å²) in [5, 5.41) is 17.4. The van der Waals surface area contributed by atoms with E-state index in [2.05, 4.69) is 16.5 Å². The molecule has 2 aromatic carbocycles. The first kappa shape index (κ1) is 19.3. The molecular weight excluding hydrogens is 381 g/mol. The lowest BCUT2D eigenvalue weighted by atomic mass is 10.0. The van der Waals surface area contributed by atoms with Crippen molar-refractivity contribution in [3.63, 3.8) is 0 Å². The molecule has 4 aromatic rings. The molecule has 0 spiro atoms. The normalized spacial score (nSPS) is 10.8. The maximum Gasteiger partial charge on any atom is 0.259 e. The van der Waals surface area contributed by atoms with Gasteiger partial charge in [-0.05, 0) is 56.2 Å². The number of carbonyl (C=O) groups is 1. The number of nitriles is 1. The highest BCUT2D eigenvalue weighted by molar-refractivity contribution is 6.04. The lowest BCUT2D eigenvalue weighted by Gasteiger charge is -2.13. The molecule has 0 aliphatic rings. The number of amides is 1. The molecule has 0 atom stereocenters. The van der Waals surface area contributed by atoms with Crippen LogP contribution in [-0.4, -0.2) is 20.7 Å². The van der Waals surface area contributed by atoms with Crippen LogP contribution in [-0.2, 0) is 0 Å². The Morgan fingerprint density at radius 3 is 2.63 bits per heavy atom. The molecule has 0 bridgehead atoms. The Hall–Kier alpha value is -4.05. The monoisotopic (exact) mass is 399 g/mol. The number of aryl methyl sites for hydroxylation is 3. The van der Waals surface area contributed by atoms with E-state index >= 15 is 0 Å². The number of nitrogens with zero attached hydrogens (tertiary/aromatic N) is 4. The summed E-state index contributed by atoms with van der Waals surface area (Å²) in [6.45, 7) is 5.98. The van der Waals surface area contributed by atoms with Gasteiger partial charge in [-0.1, -0.05) is 23.8 Å². The van der Waals surface area contributed by atoms with Crippen LogP contribution in [0.25, 0.3) is 16.7 Å². The second kappa shape index (κ2) is 7.41. The first-order valence-electron chi connectivity index (χ1n) is 9.32. The third kappa shape index (κ3) is 3.29. The van der Waals surface area contributed by atoms with E-state index < -0.39 is 11.7 Å². The van der Waals surface area contributed by atoms with Crippen LogP contribution in [0.4, 0.5) is 10.2 Å². The third-order valence-corrected chi connectivity index (χ3v) is 4.90. The molecule has 1 N–H and O–H groups in total. The number of carbonyl (C=O) groups excluding carboxylic acids is 1. The quantitative estimate of drug-likeness (QED) is 0.545. The number of hydrogen-bond donors (Lipinski definition) is 1.